The highest BCUT2D eigenvalue weighted by atomic mass is 16.7. The summed E-state index contributed by atoms with van der Waals surface area (Å²) in [6.07, 6.45) is -1.16. The lowest BCUT2D eigenvalue weighted by atomic mass is 9.78. The molecule has 52 heavy (non-hydrogen) atoms. The second-order valence-corrected chi connectivity index (χ2v) is 13.1. The van der Waals surface area contributed by atoms with E-state index in [-0.39, 0.29) is 50.4 Å². The highest BCUT2D eigenvalue weighted by Crippen LogP contribution is 2.54. The maximum Gasteiger partial charge on any atom is 0.330 e. The molecule has 13 nitrogen and oxygen atoms in total. The number of esters is 1. The number of methoxy groups -OCH3 is 2. The van der Waals surface area contributed by atoms with Crippen LogP contribution in [0.25, 0.3) is 0 Å². The number of carbonyl (C=O) groups excluding carboxylic acids is 2. The summed E-state index contributed by atoms with van der Waals surface area (Å²) in [5.41, 5.74) is -3.56. The van der Waals surface area contributed by atoms with E-state index in [0.717, 1.165) is 16.7 Å². The first-order valence-corrected chi connectivity index (χ1v) is 16.9. The Bertz CT molecular complexity index is 1960. The number of aryl methyl sites for hydroxylation is 1. The van der Waals surface area contributed by atoms with Gasteiger partial charge in [-0.2, -0.15) is 0 Å². The van der Waals surface area contributed by atoms with Gasteiger partial charge in [-0.15, -0.1) is 0 Å². The molecule has 2 saturated heterocycles. The Morgan fingerprint density at radius 3 is 2.10 bits per heavy atom. The van der Waals surface area contributed by atoms with E-state index in [2.05, 4.69) is 4.98 Å². The Morgan fingerprint density at radius 1 is 0.923 bits per heavy atom. The Balaban J connectivity index is 1.44. The molecule has 2 bridgehead atoms. The molecule has 0 amide bonds. The van der Waals surface area contributed by atoms with E-state index in [1.54, 1.807) is 21.1 Å². The molecule has 274 valence electrons. The van der Waals surface area contributed by atoms with Crippen LogP contribution in [-0.4, -0.2) is 77.8 Å². The summed E-state index contributed by atoms with van der Waals surface area (Å²) < 4.78 is 37.6. The molecule has 0 radical (unpaired) electrons. The van der Waals surface area contributed by atoms with E-state index in [9.17, 15) is 24.3 Å². The van der Waals surface area contributed by atoms with Gasteiger partial charge in [0.2, 0.25) is 0 Å². The fraction of sp³-hybridized carbons (Fsp3) is 0.385. The number of hydrogen-bond acceptors (Lipinski definition) is 11. The monoisotopic (exact) mass is 714 g/mol. The summed E-state index contributed by atoms with van der Waals surface area (Å²) in [6.45, 7) is 2.31. The fourth-order valence-corrected chi connectivity index (χ4v) is 7.01. The molecule has 4 aromatic rings. The van der Waals surface area contributed by atoms with Crippen molar-refractivity contribution < 1.29 is 43.1 Å². The lowest BCUT2D eigenvalue weighted by Crippen LogP contribution is -2.57. The number of H-pyrrole nitrogens is 1. The van der Waals surface area contributed by atoms with Gasteiger partial charge < -0.3 is 38.3 Å². The molecule has 13 heteroatoms. The first kappa shape index (κ1) is 36.7. The van der Waals surface area contributed by atoms with Crippen molar-refractivity contribution in [2.75, 3.05) is 34.0 Å². The van der Waals surface area contributed by atoms with Gasteiger partial charge in [0.15, 0.2) is 6.23 Å². The maximum atomic E-state index is 13.1. The number of ketones is 1. The molecule has 0 unspecified atom stereocenters. The lowest BCUT2D eigenvalue weighted by Gasteiger charge is -2.41. The molecule has 0 saturated carbocycles. The van der Waals surface area contributed by atoms with Crippen LogP contribution in [0.4, 0.5) is 0 Å². The molecule has 1 aromatic heterocycles. The molecule has 4 atom stereocenters. The molecule has 2 fully saturated rings. The van der Waals surface area contributed by atoms with E-state index < -0.39 is 46.4 Å². The number of fused-ring (bicyclic) bond motifs is 2. The molecule has 2 aliphatic heterocycles. The average Bonchev–Trinajstić information content (AvgIpc) is 3.56. The van der Waals surface area contributed by atoms with Crippen LogP contribution in [0, 0.1) is 6.92 Å². The zero-order valence-corrected chi connectivity index (χ0v) is 29.5. The van der Waals surface area contributed by atoms with Crippen LogP contribution in [0.5, 0.6) is 11.5 Å². The predicted molar refractivity (Wildman–Crippen MR) is 187 cm³/mol. The molecule has 0 spiro atoms. The van der Waals surface area contributed by atoms with Crippen molar-refractivity contribution in [3.05, 3.63) is 128 Å². The summed E-state index contributed by atoms with van der Waals surface area (Å²) in [5.74, 6) is 0.536. The first-order chi connectivity index (χ1) is 25.0. The van der Waals surface area contributed by atoms with Crippen molar-refractivity contribution in [3.63, 3.8) is 0 Å². The molecule has 3 aromatic carbocycles. The van der Waals surface area contributed by atoms with Gasteiger partial charge >= 0.3 is 11.7 Å². The zero-order valence-electron chi connectivity index (χ0n) is 29.5. The van der Waals surface area contributed by atoms with Crippen LogP contribution in [-0.2, 0) is 34.1 Å². The number of rotatable bonds is 15. The summed E-state index contributed by atoms with van der Waals surface area (Å²) in [5, 5.41) is 12.7. The number of benzene rings is 3. The van der Waals surface area contributed by atoms with Crippen LogP contribution in [0.1, 0.15) is 54.7 Å². The van der Waals surface area contributed by atoms with Crippen molar-refractivity contribution in [1.82, 2.24) is 9.55 Å². The maximum absolute atomic E-state index is 13.1. The minimum atomic E-state index is -1.86. The predicted octanol–water partition coefficient (Wildman–Crippen LogP) is 3.57. The van der Waals surface area contributed by atoms with Crippen molar-refractivity contribution in [2.45, 2.75) is 62.2 Å². The third kappa shape index (κ3) is 6.68. The van der Waals surface area contributed by atoms with Gasteiger partial charge in [-0.25, -0.2) is 4.79 Å². The van der Waals surface area contributed by atoms with E-state index in [0.29, 0.717) is 11.5 Å². The first-order valence-electron chi connectivity index (χ1n) is 16.9. The number of nitrogens with one attached hydrogen (secondary N) is 1. The number of aliphatic hydroxyl groups is 1. The van der Waals surface area contributed by atoms with E-state index in [1.165, 1.54) is 17.7 Å². The van der Waals surface area contributed by atoms with Crippen LogP contribution in [0.3, 0.4) is 0 Å². The second kappa shape index (κ2) is 14.9. The van der Waals surface area contributed by atoms with Gasteiger partial charge in [-0.05, 0) is 54.8 Å². The van der Waals surface area contributed by atoms with E-state index >= 15 is 0 Å². The highest BCUT2D eigenvalue weighted by molar-refractivity contribution is 5.80. The molecule has 3 heterocycles. The minimum absolute atomic E-state index is 0.0323. The van der Waals surface area contributed by atoms with Crippen LogP contribution in [0.2, 0.25) is 0 Å². The van der Waals surface area contributed by atoms with Gasteiger partial charge in [0.05, 0.1) is 40.5 Å². The van der Waals surface area contributed by atoms with Gasteiger partial charge in [-0.3, -0.25) is 19.1 Å². The number of aromatic nitrogens is 2. The van der Waals surface area contributed by atoms with Gasteiger partial charge in [0.25, 0.3) is 5.56 Å². The van der Waals surface area contributed by atoms with E-state index in [1.807, 2.05) is 78.9 Å². The number of hydrogen-bond donors (Lipinski definition) is 2. The summed E-state index contributed by atoms with van der Waals surface area (Å²) in [7, 11) is 3.17. The Hall–Kier alpha value is -5.08. The standard InChI is InChI=1S/C39H42N2O11/c1-25-22-41(36(45)40-34(25)44)35-33-38(46,20-21-49-32(43)19-10-26(2)42)37(52-35,23-50-33)24-51-39(27-8-6-5-7-9-27,28-11-15-30(47-3)16-12-28)29-13-17-31(48-4)18-14-29/h5-9,11-18,22,33,35,46H,10,19-21,23-24H2,1-4H3,(H,40,44,45)/t33-,35+,37+,38-/m0/s1. The lowest BCUT2D eigenvalue weighted by molar-refractivity contribution is -0.212. The van der Waals surface area contributed by atoms with Crippen LogP contribution < -0.4 is 20.7 Å². The third-order valence-corrected chi connectivity index (χ3v) is 9.90. The van der Waals surface area contributed by atoms with Gasteiger partial charge in [-0.1, -0.05) is 54.6 Å². The number of carbonyl (C=O) groups is 2. The average molecular weight is 715 g/mol. The summed E-state index contributed by atoms with van der Waals surface area (Å²) >= 11 is 0. The Labute approximate surface area is 300 Å². The van der Waals surface area contributed by atoms with Gasteiger partial charge in [0, 0.05) is 24.6 Å². The molecule has 2 aliphatic rings. The van der Waals surface area contributed by atoms with E-state index in [4.69, 9.17) is 28.4 Å². The largest absolute Gasteiger partial charge is 0.497 e. The van der Waals surface area contributed by atoms with Crippen LogP contribution in [0.15, 0.2) is 94.6 Å². The Morgan fingerprint density at radius 2 is 1.52 bits per heavy atom. The van der Waals surface area contributed by atoms with Crippen molar-refractivity contribution in [1.29, 1.82) is 0 Å². The molecular weight excluding hydrogens is 672 g/mol. The molecule has 2 N–H and O–H groups in total. The normalized spacial score (nSPS) is 22.2. The van der Waals surface area contributed by atoms with Crippen molar-refractivity contribution in [3.8, 4) is 11.5 Å². The Kier molecular flexibility index (Phi) is 10.5. The number of Topliss-reactive ketones (excluding diaryl/α,β-unsaturated/α-hetero) is 1. The minimum Gasteiger partial charge on any atom is -0.497 e. The quantitative estimate of drug-likeness (QED) is 0.137. The fourth-order valence-electron chi connectivity index (χ4n) is 7.01. The molecular formula is C39H42N2O11. The number of nitrogens with zero attached hydrogens (tertiary/aromatic N) is 1. The van der Waals surface area contributed by atoms with Crippen molar-refractivity contribution >= 4 is 11.8 Å². The zero-order chi connectivity index (χ0) is 37.1. The highest BCUT2D eigenvalue weighted by Gasteiger charge is 2.72. The smallest absolute Gasteiger partial charge is 0.330 e. The summed E-state index contributed by atoms with van der Waals surface area (Å²) in [6, 6.07) is 24.5. The molecule has 6 rings (SSSR count). The third-order valence-electron chi connectivity index (χ3n) is 9.90. The topological polar surface area (TPSA) is 165 Å². The van der Waals surface area contributed by atoms with Gasteiger partial charge in [0.1, 0.15) is 40.2 Å². The van der Waals surface area contributed by atoms with Crippen molar-refractivity contribution in [2.24, 2.45) is 0 Å². The SMILES string of the molecule is COc1ccc(C(OC[C@@]23CO[C@@H]([C@H](n4cc(C)c(=O)[nH]c4=O)O2)[C@@]3(O)CCOC(=O)CCC(C)=O)(c2ccccc2)c2ccc(OC)cc2)cc1. The number of ether oxygens (including phenoxy) is 6. The number of aromatic amines is 1. The second-order valence-electron chi connectivity index (χ2n) is 13.1. The molecule has 0 aliphatic carbocycles. The summed E-state index contributed by atoms with van der Waals surface area (Å²) in [4.78, 5) is 51.6. The van der Waals surface area contributed by atoms with Crippen LogP contribution >= 0.6 is 0 Å².